The maximum Gasteiger partial charge on any atom is 0.304 e. The summed E-state index contributed by atoms with van der Waals surface area (Å²) in [5, 5.41) is 0.272. The highest BCUT2D eigenvalue weighted by Gasteiger charge is 2.63. The van der Waals surface area contributed by atoms with Crippen molar-refractivity contribution in [3.63, 3.8) is 0 Å². The summed E-state index contributed by atoms with van der Waals surface area (Å²) in [5.41, 5.74) is 2.15. The van der Waals surface area contributed by atoms with Crippen LogP contribution < -0.4 is 5.73 Å². The number of hydrogen-bond donors (Lipinski definition) is 1. The number of nitrogens with two attached hydrogens (primary N) is 1. The van der Waals surface area contributed by atoms with Crippen LogP contribution >= 0.6 is 11.6 Å². The van der Waals surface area contributed by atoms with Crippen LogP contribution in [0.4, 0.5) is 13.2 Å². The van der Waals surface area contributed by atoms with Crippen molar-refractivity contribution in [2.75, 3.05) is 6.61 Å². The number of nitrogens with zero attached hydrogens (tertiary/aromatic N) is 2. The molecule has 0 radical (unpaired) electrons. The lowest BCUT2D eigenvalue weighted by Gasteiger charge is -2.41. The summed E-state index contributed by atoms with van der Waals surface area (Å²) < 4.78 is 50.8. The lowest BCUT2D eigenvalue weighted by Crippen LogP contribution is -2.56. The van der Waals surface area contributed by atoms with Gasteiger partial charge in [0.1, 0.15) is 29.0 Å². The van der Waals surface area contributed by atoms with Gasteiger partial charge in [0.25, 0.3) is 0 Å². The number of alkyl halides is 2. The molecule has 2 aromatic rings. The summed E-state index contributed by atoms with van der Waals surface area (Å²) in [7, 11) is 0. The van der Waals surface area contributed by atoms with Crippen molar-refractivity contribution in [2.45, 2.75) is 37.8 Å². The zero-order valence-electron chi connectivity index (χ0n) is 16.1. The van der Waals surface area contributed by atoms with Gasteiger partial charge >= 0.3 is 5.92 Å². The smallest absolute Gasteiger partial charge is 0.304 e. The highest BCUT2D eigenvalue weighted by atomic mass is 35.5. The van der Waals surface area contributed by atoms with Crippen molar-refractivity contribution in [1.82, 2.24) is 4.98 Å². The third-order valence-electron chi connectivity index (χ3n) is 4.88. The van der Waals surface area contributed by atoms with Gasteiger partial charge in [-0.3, -0.25) is 4.99 Å². The SMILES string of the molecule is CC1(C)OCC(N)=N[C@](C)(c2cc(C#Cc3ccnc(Cl)c3)ccc2F)C1(F)F. The molecule has 152 valence electrons. The Morgan fingerprint density at radius 1 is 1.10 bits per heavy atom. The second kappa shape index (κ2) is 7.36. The molecule has 8 heteroatoms. The van der Waals surface area contributed by atoms with Crippen LogP contribution in [0.5, 0.6) is 0 Å². The Balaban J connectivity index is 2.13. The van der Waals surface area contributed by atoms with E-state index in [1.54, 1.807) is 12.1 Å². The number of ether oxygens (including phenoxy) is 1. The maximum absolute atomic E-state index is 15.4. The first kappa shape index (κ1) is 21.2. The van der Waals surface area contributed by atoms with Crippen LogP contribution in [0.2, 0.25) is 5.15 Å². The van der Waals surface area contributed by atoms with Gasteiger partial charge in [-0.05, 0) is 51.1 Å². The number of halogens is 4. The van der Waals surface area contributed by atoms with Crippen LogP contribution in [-0.2, 0) is 10.3 Å². The van der Waals surface area contributed by atoms with Gasteiger partial charge in [-0.2, -0.15) is 0 Å². The maximum atomic E-state index is 15.4. The molecule has 4 nitrogen and oxygen atoms in total. The van der Waals surface area contributed by atoms with Crippen molar-refractivity contribution < 1.29 is 17.9 Å². The fraction of sp³-hybridized carbons (Fsp3) is 0.333. The molecule has 2 heterocycles. The van der Waals surface area contributed by atoms with E-state index in [2.05, 4.69) is 21.8 Å². The largest absolute Gasteiger partial charge is 0.385 e. The number of hydrogen-bond acceptors (Lipinski definition) is 4. The van der Waals surface area contributed by atoms with Gasteiger partial charge in [0.2, 0.25) is 0 Å². The summed E-state index contributed by atoms with van der Waals surface area (Å²) in [6, 6.07) is 6.96. The first-order chi connectivity index (χ1) is 13.5. The van der Waals surface area contributed by atoms with Gasteiger partial charge in [-0.15, -0.1) is 0 Å². The summed E-state index contributed by atoms with van der Waals surface area (Å²) in [4.78, 5) is 7.83. The molecule has 3 rings (SSSR count). The fourth-order valence-electron chi connectivity index (χ4n) is 3.15. The Hall–Kier alpha value is -2.56. The van der Waals surface area contributed by atoms with Gasteiger partial charge in [-0.25, -0.2) is 18.2 Å². The van der Waals surface area contributed by atoms with Gasteiger partial charge in [-0.1, -0.05) is 23.4 Å². The van der Waals surface area contributed by atoms with E-state index in [4.69, 9.17) is 22.1 Å². The highest BCUT2D eigenvalue weighted by molar-refractivity contribution is 6.29. The predicted octanol–water partition coefficient (Wildman–Crippen LogP) is 4.29. The number of amidine groups is 1. The minimum atomic E-state index is -3.56. The van der Waals surface area contributed by atoms with E-state index < -0.39 is 22.9 Å². The molecule has 1 aliphatic rings. The summed E-state index contributed by atoms with van der Waals surface area (Å²) >= 11 is 5.83. The second-order valence-electron chi connectivity index (χ2n) is 7.36. The zero-order chi connectivity index (χ0) is 21.4. The molecule has 1 aromatic heterocycles. The summed E-state index contributed by atoms with van der Waals surface area (Å²) in [6.07, 6.45) is 1.50. The second-order valence-corrected chi connectivity index (χ2v) is 7.75. The molecule has 2 N–H and O–H groups in total. The quantitative estimate of drug-likeness (QED) is 0.552. The summed E-state index contributed by atoms with van der Waals surface area (Å²) in [5.74, 6) is 1.14. The molecule has 29 heavy (non-hydrogen) atoms. The normalized spacial score (nSPS) is 22.8. The van der Waals surface area contributed by atoms with Crippen LogP contribution in [0.25, 0.3) is 0 Å². The highest BCUT2D eigenvalue weighted by Crippen LogP contribution is 2.50. The number of aliphatic imine (C=N–C) groups is 1. The van der Waals surface area contributed by atoms with Gasteiger partial charge in [0, 0.05) is 22.9 Å². The molecule has 1 aromatic carbocycles. The topological polar surface area (TPSA) is 60.5 Å². The lowest BCUT2D eigenvalue weighted by atomic mass is 9.77. The molecule has 1 aliphatic heterocycles. The fourth-order valence-corrected chi connectivity index (χ4v) is 3.32. The lowest BCUT2D eigenvalue weighted by molar-refractivity contribution is -0.214. The molecular weight excluding hydrogens is 403 g/mol. The predicted molar refractivity (Wildman–Crippen MR) is 106 cm³/mol. The Kier molecular flexibility index (Phi) is 5.37. The molecular formula is C21H19ClF3N3O. The molecule has 1 atom stereocenters. The average Bonchev–Trinajstić information content (AvgIpc) is 2.70. The van der Waals surface area contributed by atoms with Crippen molar-refractivity contribution >= 4 is 17.4 Å². The van der Waals surface area contributed by atoms with Crippen LogP contribution in [0.1, 0.15) is 37.5 Å². The van der Waals surface area contributed by atoms with Crippen LogP contribution in [0, 0.1) is 17.7 Å². The molecule has 0 saturated carbocycles. The molecule has 0 spiro atoms. The van der Waals surface area contributed by atoms with E-state index in [1.807, 2.05) is 0 Å². The number of pyridine rings is 1. The van der Waals surface area contributed by atoms with E-state index in [9.17, 15) is 4.39 Å². The standard InChI is InChI=1S/C21H19ClF3N3O/c1-19(2)21(24,25)20(3,28-18(26)12-29-19)15-10-13(6-7-16(15)23)4-5-14-8-9-27-17(22)11-14/h6-11H,12H2,1-3H3,(H2,26,28)/t20-/m1/s1. The zero-order valence-corrected chi connectivity index (χ0v) is 16.8. The summed E-state index contributed by atoms with van der Waals surface area (Å²) in [6.45, 7) is 3.33. The molecule has 0 amide bonds. The average molecular weight is 422 g/mol. The van der Waals surface area contributed by atoms with E-state index >= 15 is 8.78 Å². The van der Waals surface area contributed by atoms with Crippen LogP contribution in [0.3, 0.4) is 0 Å². The number of aromatic nitrogens is 1. The van der Waals surface area contributed by atoms with Crippen molar-refractivity contribution in [3.8, 4) is 11.8 Å². The van der Waals surface area contributed by atoms with E-state index in [1.165, 1.54) is 32.2 Å². The number of benzene rings is 1. The molecule has 0 saturated heterocycles. The van der Waals surface area contributed by atoms with E-state index in [-0.39, 0.29) is 23.2 Å². The van der Waals surface area contributed by atoms with Crippen molar-refractivity contribution in [2.24, 2.45) is 10.7 Å². The first-order valence-corrected chi connectivity index (χ1v) is 9.14. The molecule has 0 bridgehead atoms. The Morgan fingerprint density at radius 2 is 1.76 bits per heavy atom. The van der Waals surface area contributed by atoms with Crippen LogP contribution in [0.15, 0.2) is 41.5 Å². The third kappa shape index (κ3) is 3.83. The van der Waals surface area contributed by atoms with E-state index in [0.29, 0.717) is 11.1 Å². The van der Waals surface area contributed by atoms with Gasteiger partial charge < -0.3 is 10.5 Å². The van der Waals surface area contributed by atoms with Crippen molar-refractivity contribution in [3.05, 3.63) is 64.2 Å². The number of rotatable bonds is 1. The van der Waals surface area contributed by atoms with Crippen LogP contribution in [-0.4, -0.2) is 29.0 Å². The Labute approximate surface area is 171 Å². The Bertz CT molecular complexity index is 1040. The first-order valence-electron chi connectivity index (χ1n) is 8.76. The molecule has 0 fully saturated rings. The van der Waals surface area contributed by atoms with Gasteiger partial charge in [0.15, 0.2) is 5.54 Å². The van der Waals surface area contributed by atoms with Crippen molar-refractivity contribution in [1.29, 1.82) is 0 Å². The minimum absolute atomic E-state index is 0.139. The minimum Gasteiger partial charge on any atom is -0.385 e. The third-order valence-corrected chi connectivity index (χ3v) is 5.09. The van der Waals surface area contributed by atoms with E-state index in [0.717, 1.165) is 13.0 Å². The monoisotopic (exact) mass is 421 g/mol. The Morgan fingerprint density at radius 3 is 2.41 bits per heavy atom. The van der Waals surface area contributed by atoms with Gasteiger partial charge in [0.05, 0.1) is 0 Å². The molecule has 0 unspecified atom stereocenters. The molecule has 0 aliphatic carbocycles.